The Morgan fingerprint density at radius 3 is 2.42 bits per heavy atom. The van der Waals surface area contributed by atoms with Crippen LogP contribution in [0.15, 0.2) is 40.9 Å². The summed E-state index contributed by atoms with van der Waals surface area (Å²) in [5.74, 6) is 0.946. The minimum absolute atomic E-state index is 0.0533. The maximum atomic E-state index is 11.8. The third-order valence-corrected chi connectivity index (χ3v) is 6.57. The average Bonchev–Trinajstić information content (AvgIpc) is 3.24. The number of hydrazine groups is 1. The highest BCUT2D eigenvalue weighted by Crippen LogP contribution is 2.29. The summed E-state index contributed by atoms with van der Waals surface area (Å²) in [5, 5.41) is 6.85. The second-order valence-electron chi connectivity index (χ2n) is 9.01. The topological polar surface area (TPSA) is 117 Å². The van der Waals surface area contributed by atoms with Gasteiger partial charge >= 0.3 is 0 Å². The van der Waals surface area contributed by atoms with Gasteiger partial charge in [0, 0.05) is 37.3 Å². The third-order valence-electron chi connectivity index (χ3n) is 6.57. The Hall–Kier alpha value is -3.20. The van der Waals surface area contributed by atoms with E-state index < -0.39 is 0 Å². The number of hydrogen-bond acceptors (Lipinski definition) is 6. The number of aromatic nitrogens is 1. The van der Waals surface area contributed by atoms with Crippen molar-refractivity contribution in [1.82, 2.24) is 26.2 Å². The quantitative estimate of drug-likeness (QED) is 0.416. The number of hydrogen-bond donors (Lipinski definition) is 3. The molecule has 33 heavy (non-hydrogen) atoms. The van der Waals surface area contributed by atoms with Crippen LogP contribution in [0.3, 0.4) is 0 Å². The first-order valence-electron chi connectivity index (χ1n) is 11.7. The molecule has 1 aromatic heterocycles. The van der Waals surface area contributed by atoms with E-state index in [1.807, 2.05) is 30.3 Å². The summed E-state index contributed by atoms with van der Waals surface area (Å²) < 4.78 is 5.09. The molecule has 0 atom stereocenters. The molecule has 3 aliphatic rings. The summed E-state index contributed by atoms with van der Waals surface area (Å²) >= 11 is 0. The van der Waals surface area contributed by atoms with Gasteiger partial charge in [-0.05, 0) is 38.0 Å². The summed E-state index contributed by atoms with van der Waals surface area (Å²) in [4.78, 5) is 35.5. The molecule has 0 unspecified atom stereocenters. The van der Waals surface area contributed by atoms with E-state index in [4.69, 9.17) is 4.52 Å². The van der Waals surface area contributed by atoms with Gasteiger partial charge in [-0.2, -0.15) is 0 Å². The van der Waals surface area contributed by atoms with E-state index in [2.05, 4.69) is 26.2 Å². The van der Waals surface area contributed by atoms with Crippen molar-refractivity contribution >= 4 is 18.2 Å². The first-order chi connectivity index (χ1) is 16.1. The molecule has 3 amide bonds. The van der Waals surface area contributed by atoms with Crippen LogP contribution in [0.25, 0.3) is 11.3 Å². The normalized spacial score (nSPS) is 18.5. The maximum absolute atomic E-state index is 11.8. The molecular weight excluding hydrogens is 422 g/mol. The van der Waals surface area contributed by atoms with Crippen molar-refractivity contribution in [3.05, 3.63) is 42.2 Å². The van der Waals surface area contributed by atoms with E-state index in [0.717, 1.165) is 44.0 Å². The molecule has 2 saturated carbocycles. The lowest BCUT2D eigenvalue weighted by Gasteiger charge is -2.41. The van der Waals surface area contributed by atoms with Crippen LogP contribution in [-0.4, -0.2) is 54.0 Å². The third kappa shape index (κ3) is 6.19. The zero-order chi connectivity index (χ0) is 23.0. The number of rotatable bonds is 8. The van der Waals surface area contributed by atoms with E-state index in [0.29, 0.717) is 18.1 Å². The predicted octanol–water partition coefficient (Wildman–Crippen LogP) is 2.12. The van der Waals surface area contributed by atoms with Crippen LogP contribution < -0.4 is 16.2 Å². The zero-order valence-corrected chi connectivity index (χ0v) is 18.7. The van der Waals surface area contributed by atoms with Crippen LogP contribution in [0.4, 0.5) is 0 Å². The van der Waals surface area contributed by atoms with Gasteiger partial charge in [0.2, 0.25) is 18.1 Å². The fourth-order valence-corrected chi connectivity index (χ4v) is 4.06. The Morgan fingerprint density at radius 2 is 1.82 bits per heavy atom. The summed E-state index contributed by atoms with van der Waals surface area (Å²) in [6.07, 6.45) is 7.85. The van der Waals surface area contributed by atoms with Crippen molar-refractivity contribution in [1.29, 1.82) is 0 Å². The largest absolute Gasteiger partial charge is 0.350 e. The zero-order valence-electron chi connectivity index (χ0n) is 18.7. The highest BCUT2D eigenvalue weighted by Gasteiger charge is 2.34. The fourth-order valence-electron chi connectivity index (χ4n) is 4.06. The van der Waals surface area contributed by atoms with Crippen LogP contribution in [0.2, 0.25) is 0 Å². The molecule has 1 aliphatic heterocycles. The number of likely N-dealkylation sites (tertiary alicyclic amines) is 1. The van der Waals surface area contributed by atoms with E-state index in [-0.39, 0.29) is 23.5 Å². The van der Waals surface area contributed by atoms with Crippen molar-refractivity contribution < 1.29 is 18.9 Å². The summed E-state index contributed by atoms with van der Waals surface area (Å²) in [6, 6.07) is 11.7. The number of carbonyl (C=O) groups is 3. The number of amides is 3. The minimum Gasteiger partial charge on any atom is -0.350 e. The van der Waals surface area contributed by atoms with Gasteiger partial charge in [0.1, 0.15) is 5.69 Å². The molecule has 0 bridgehead atoms. The Labute approximate surface area is 193 Å². The standard InChI is InChI=1S/C14H14N2O2.C10H17N3O2/c17-14(15-11-7-4-8-11)13-9-12(16-18-13)10-5-2-1-3-6-10;14-7-11-12-10(15)9-5-13(6-9)4-8-2-1-3-8/h1-3,5-6,9,11H,4,7-8H2,(H,15,17);7-9H,1-6H2,(H,11,14)(H,12,15). The van der Waals surface area contributed by atoms with Gasteiger partial charge in [0.15, 0.2) is 0 Å². The number of nitrogens with zero attached hydrogens (tertiary/aromatic N) is 2. The second kappa shape index (κ2) is 11.1. The summed E-state index contributed by atoms with van der Waals surface area (Å²) in [6.45, 7) is 2.82. The SMILES string of the molecule is O=C(NC1CCC1)c1cc(-c2ccccc2)no1.O=CNNC(=O)C1CN(CC2CCC2)C1. The van der Waals surface area contributed by atoms with E-state index in [1.165, 1.54) is 25.7 Å². The number of nitrogens with one attached hydrogen (secondary N) is 3. The lowest BCUT2D eigenvalue weighted by Crippen LogP contribution is -2.56. The van der Waals surface area contributed by atoms with Gasteiger partial charge in [-0.3, -0.25) is 25.2 Å². The molecule has 1 aromatic carbocycles. The molecule has 0 radical (unpaired) electrons. The van der Waals surface area contributed by atoms with Crippen molar-refractivity contribution in [2.45, 2.75) is 44.6 Å². The van der Waals surface area contributed by atoms with Gasteiger partial charge in [0.25, 0.3) is 5.91 Å². The highest BCUT2D eigenvalue weighted by molar-refractivity contribution is 5.92. The van der Waals surface area contributed by atoms with Crippen LogP contribution in [-0.2, 0) is 9.59 Å². The molecule has 0 spiro atoms. The monoisotopic (exact) mass is 453 g/mol. The van der Waals surface area contributed by atoms with Crippen molar-refractivity contribution in [2.24, 2.45) is 11.8 Å². The van der Waals surface area contributed by atoms with Crippen LogP contribution >= 0.6 is 0 Å². The van der Waals surface area contributed by atoms with Crippen LogP contribution in [0.5, 0.6) is 0 Å². The van der Waals surface area contributed by atoms with Gasteiger partial charge in [-0.1, -0.05) is 41.9 Å². The molecule has 3 N–H and O–H groups in total. The molecule has 1 saturated heterocycles. The second-order valence-corrected chi connectivity index (χ2v) is 9.01. The van der Waals surface area contributed by atoms with Gasteiger partial charge < -0.3 is 14.7 Å². The Balaban J connectivity index is 0.000000160. The molecular formula is C24H31N5O4. The van der Waals surface area contributed by atoms with Crippen LogP contribution in [0.1, 0.15) is 49.1 Å². The van der Waals surface area contributed by atoms with E-state index >= 15 is 0 Å². The minimum atomic E-state index is -0.172. The Morgan fingerprint density at radius 1 is 1.09 bits per heavy atom. The first-order valence-corrected chi connectivity index (χ1v) is 11.7. The fraction of sp³-hybridized carbons (Fsp3) is 0.500. The lowest BCUT2D eigenvalue weighted by molar-refractivity contribution is -0.133. The van der Waals surface area contributed by atoms with Crippen LogP contribution in [0, 0.1) is 11.8 Å². The average molecular weight is 454 g/mol. The molecule has 9 nitrogen and oxygen atoms in total. The van der Waals surface area contributed by atoms with Crippen molar-refractivity contribution in [2.75, 3.05) is 19.6 Å². The summed E-state index contributed by atoms with van der Waals surface area (Å²) in [7, 11) is 0. The van der Waals surface area contributed by atoms with Crippen molar-refractivity contribution in [3.63, 3.8) is 0 Å². The van der Waals surface area contributed by atoms with Gasteiger partial charge in [-0.25, -0.2) is 0 Å². The van der Waals surface area contributed by atoms with Gasteiger partial charge in [0.05, 0.1) is 5.92 Å². The molecule has 2 aromatic rings. The molecule has 3 fully saturated rings. The Kier molecular flexibility index (Phi) is 7.72. The summed E-state index contributed by atoms with van der Waals surface area (Å²) in [5.41, 5.74) is 6.17. The maximum Gasteiger partial charge on any atom is 0.290 e. The highest BCUT2D eigenvalue weighted by atomic mass is 16.5. The number of carbonyl (C=O) groups excluding carboxylic acids is 3. The lowest BCUT2D eigenvalue weighted by atomic mass is 9.83. The van der Waals surface area contributed by atoms with E-state index in [9.17, 15) is 14.4 Å². The predicted molar refractivity (Wildman–Crippen MR) is 122 cm³/mol. The van der Waals surface area contributed by atoms with Crippen molar-refractivity contribution in [3.8, 4) is 11.3 Å². The Bertz CT molecular complexity index is 933. The first kappa shape index (κ1) is 23.0. The van der Waals surface area contributed by atoms with Gasteiger partial charge in [-0.15, -0.1) is 0 Å². The van der Waals surface area contributed by atoms with E-state index in [1.54, 1.807) is 6.07 Å². The molecule has 176 valence electrons. The smallest absolute Gasteiger partial charge is 0.290 e. The molecule has 2 aliphatic carbocycles. The molecule has 9 heteroatoms. The molecule has 2 heterocycles. The molecule has 5 rings (SSSR count). The number of benzene rings is 1.